The van der Waals surface area contributed by atoms with E-state index < -0.39 is 5.97 Å². The number of ether oxygens (including phenoxy) is 2. The number of carbonyl (C=O) groups excluding carboxylic acids is 2. The molecule has 0 atom stereocenters. The van der Waals surface area contributed by atoms with Crippen molar-refractivity contribution < 1.29 is 19.1 Å². The third-order valence-electron chi connectivity index (χ3n) is 3.90. The fourth-order valence-corrected chi connectivity index (χ4v) is 2.50. The van der Waals surface area contributed by atoms with E-state index >= 15 is 0 Å². The van der Waals surface area contributed by atoms with Gasteiger partial charge in [-0.2, -0.15) is 0 Å². The highest BCUT2D eigenvalue weighted by atomic mass is 16.5. The molecule has 0 spiro atoms. The van der Waals surface area contributed by atoms with Crippen LogP contribution in [-0.2, 0) is 4.74 Å². The highest BCUT2D eigenvalue weighted by molar-refractivity contribution is 6.03. The first-order chi connectivity index (χ1) is 14.1. The molecule has 148 valence electrons. The lowest BCUT2D eigenvalue weighted by molar-refractivity contribution is 0.0600. The summed E-state index contributed by atoms with van der Waals surface area (Å²) in [5, 5.41) is 5.85. The lowest BCUT2D eigenvalue weighted by Gasteiger charge is -2.09. The second-order valence-electron chi connectivity index (χ2n) is 5.89. The Kier molecular flexibility index (Phi) is 6.36. The fraction of sp³-hybridized carbons (Fsp3) is 0.143. The summed E-state index contributed by atoms with van der Waals surface area (Å²) in [7, 11) is 1.33. The Morgan fingerprint density at radius 3 is 2.31 bits per heavy atom. The average molecular weight is 392 g/mol. The van der Waals surface area contributed by atoms with Gasteiger partial charge in [-0.3, -0.25) is 4.79 Å². The third-order valence-corrected chi connectivity index (χ3v) is 3.90. The van der Waals surface area contributed by atoms with E-state index in [1.807, 2.05) is 6.92 Å². The number of benzene rings is 2. The van der Waals surface area contributed by atoms with E-state index in [1.165, 1.54) is 19.5 Å². The minimum absolute atomic E-state index is 0.211. The lowest BCUT2D eigenvalue weighted by Crippen LogP contribution is -2.14. The molecule has 1 aromatic heterocycles. The maximum atomic E-state index is 12.5. The van der Waals surface area contributed by atoms with Gasteiger partial charge in [0.05, 0.1) is 19.3 Å². The normalized spacial score (nSPS) is 10.1. The Bertz CT molecular complexity index is 988. The summed E-state index contributed by atoms with van der Waals surface area (Å²) in [5.41, 5.74) is 1.98. The predicted octanol–water partition coefficient (Wildman–Crippen LogP) is 3.66. The number of hydrogen-bond acceptors (Lipinski definition) is 7. The number of anilines is 3. The van der Waals surface area contributed by atoms with Crippen molar-refractivity contribution in [2.45, 2.75) is 6.92 Å². The summed E-state index contributed by atoms with van der Waals surface area (Å²) in [6.45, 7) is 2.48. The van der Waals surface area contributed by atoms with Crippen LogP contribution in [0.4, 0.5) is 17.2 Å². The number of nitrogens with zero attached hydrogens (tertiary/aromatic N) is 2. The van der Waals surface area contributed by atoms with E-state index in [-0.39, 0.29) is 11.6 Å². The van der Waals surface area contributed by atoms with Crippen molar-refractivity contribution >= 4 is 29.1 Å². The first kappa shape index (κ1) is 19.8. The molecule has 2 N–H and O–H groups in total. The Morgan fingerprint density at radius 1 is 0.966 bits per heavy atom. The van der Waals surface area contributed by atoms with Crippen molar-refractivity contribution in [3.05, 3.63) is 72.2 Å². The maximum absolute atomic E-state index is 12.5. The summed E-state index contributed by atoms with van der Waals surface area (Å²) in [6.07, 6.45) is 1.30. The van der Waals surface area contributed by atoms with E-state index in [4.69, 9.17) is 4.74 Å². The van der Waals surface area contributed by atoms with Gasteiger partial charge >= 0.3 is 5.97 Å². The smallest absolute Gasteiger partial charge is 0.337 e. The Balaban J connectivity index is 1.66. The molecule has 0 aliphatic carbocycles. The minimum atomic E-state index is -0.410. The molecule has 8 nitrogen and oxygen atoms in total. The average Bonchev–Trinajstić information content (AvgIpc) is 2.75. The van der Waals surface area contributed by atoms with Crippen LogP contribution in [0.25, 0.3) is 0 Å². The second-order valence-corrected chi connectivity index (χ2v) is 5.89. The number of hydrogen-bond donors (Lipinski definition) is 2. The zero-order chi connectivity index (χ0) is 20.6. The van der Waals surface area contributed by atoms with Crippen LogP contribution in [0.3, 0.4) is 0 Å². The van der Waals surface area contributed by atoms with Crippen LogP contribution >= 0.6 is 0 Å². The van der Waals surface area contributed by atoms with Gasteiger partial charge in [0, 0.05) is 17.4 Å². The molecule has 0 unspecified atom stereocenters. The van der Waals surface area contributed by atoms with E-state index in [2.05, 4.69) is 25.3 Å². The molecule has 3 rings (SSSR count). The molecule has 3 aromatic rings. The molecule has 1 heterocycles. The second kappa shape index (κ2) is 9.32. The summed E-state index contributed by atoms with van der Waals surface area (Å²) >= 11 is 0. The first-order valence-electron chi connectivity index (χ1n) is 8.90. The van der Waals surface area contributed by atoms with Gasteiger partial charge in [0.1, 0.15) is 23.6 Å². The summed E-state index contributed by atoms with van der Waals surface area (Å²) < 4.78 is 10.1. The minimum Gasteiger partial charge on any atom is -0.494 e. The van der Waals surface area contributed by atoms with E-state index in [0.29, 0.717) is 29.4 Å². The van der Waals surface area contributed by atoms with Gasteiger partial charge in [-0.25, -0.2) is 14.8 Å². The molecule has 29 heavy (non-hydrogen) atoms. The zero-order valence-electron chi connectivity index (χ0n) is 16.0. The molecule has 0 radical (unpaired) electrons. The Labute approximate surface area is 167 Å². The highest BCUT2D eigenvalue weighted by Gasteiger charge is 2.10. The highest BCUT2D eigenvalue weighted by Crippen LogP contribution is 2.18. The number of amides is 1. The standard InChI is InChI=1S/C21H20N4O4/c1-3-29-17-10-8-16(9-11-17)25-20(26)18-12-19(23-13-22-18)24-15-6-4-14(5-7-15)21(27)28-2/h4-13H,3H2,1-2H3,(H,25,26)(H,22,23,24). The quantitative estimate of drug-likeness (QED) is 0.592. The molecule has 8 heteroatoms. The molecule has 0 aliphatic rings. The molecule has 0 bridgehead atoms. The molecule has 1 amide bonds. The molecule has 0 fully saturated rings. The van der Waals surface area contributed by atoms with Crippen LogP contribution in [-0.4, -0.2) is 35.6 Å². The number of aromatic nitrogens is 2. The molecule has 0 saturated heterocycles. The van der Waals surface area contributed by atoms with Gasteiger partial charge in [0.2, 0.25) is 0 Å². The van der Waals surface area contributed by atoms with Crippen molar-refractivity contribution in [3.8, 4) is 5.75 Å². The number of rotatable bonds is 7. The van der Waals surface area contributed by atoms with Crippen molar-refractivity contribution in [1.29, 1.82) is 0 Å². The molecular weight excluding hydrogens is 372 g/mol. The Hall–Kier alpha value is -3.94. The van der Waals surface area contributed by atoms with Crippen LogP contribution in [0.5, 0.6) is 5.75 Å². The van der Waals surface area contributed by atoms with Crippen molar-refractivity contribution in [2.24, 2.45) is 0 Å². The largest absolute Gasteiger partial charge is 0.494 e. The lowest BCUT2D eigenvalue weighted by atomic mass is 10.2. The van der Waals surface area contributed by atoms with Crippen LogP contribution in [0, 0.1) is 0 Å². The van der Waals surface area contributed by atoms with E-state index in [9.17, 15) is 9.59 Å². The number of carbonyl (C=O) groups is 2. The number of esters is 1. The van der Waals surface area contributed by atoms with Crippen LogP contribution in [0.2, 0.25) is 0 Å². The van der Waals surface area contributed by atoms with Gasteiger partial charge < -0.3 is 20.1 Å². The molecule has 2 aromatic carbocycles. The van der Waals surface area contributed by atoms with Crippen LogP contribution in [0.15, 0.2) is 60.9 Å². The number of nitrogens with one attached hydrogen (secondary N) is 2. The summed E-state index contributed by atoms with van der Waals surface area (Å²) in [4.78, 5) is 32.1. The molecular formula is C21H20N4O4. The predicted molar refractivity (Wildman–Crippen MR) is 109 cm³/mol. The van der Waals surface area contributed by atoms with Gasteiger partial charge in [0.15, 0.2) is 0 Å². The summed E-state index contributed by atoms with van der Waals surface area (Å²) in [6, 6.07) is 15.3. The Morgan fingerprint density at radius 2 is 1.66 bits per heavy atom. The SMILES string of the molecule is CCOc1ccc(NC(=O)c2cc(Nc3ccc(C(=O)OC)cc3)ncn2)cc1. The monoisotopic (exact) mass is 392 g/mol. The van der Waals surface area contributed by atoms with E-state index in [1.54, 1.807) is 48.5 Å². The van der Waals surface area contributed by atoms with Crippen molar-refractivity contribution in [1.82, 2.24) is 9.97 Å². The van der Waals surface area contributed by atoms with Crippen molar-refractivity contribution in [3.63, 3.8) is 0 Å². The zero-order valence-corrected chi connectivity index (χ0v) is 16.0. The van der Waals surface area contributed by atoms with E-state index in [0.717, 1.165) is 5.75 Å². The fourth-order valence-electron chi connectivity index (χ4n) is 2.50. The summed E-state index contributed by atoms with van der Waals surface area (Å²) in [5.74, 6) is 0.410. The van der Waals surface area contributed by atoms with Crippen LogP contribution < -0.4 is 15.4 Å². The topological polar surface area (TPSA) is 102 Å². The van der Waals surface area contributed by atoms with Gasteiger partial charge in [-0.15, -0.1) is 0 Å². The van der Waals surface area contributed by atoms with Crippen molar-refractivity contribution in [2.75, 3.05) is 24.4 Å². The van der Waals surface area contributed by atoms with Gasteiger partial charge in [-0.1, -0.05) is 0 Å². The first-order valence-corrected chi connectivity index (χ1v) is 8.90. The molecule has 0 saturated carbocycles. The maximum Gasteiger partial charge on any atom is 0.337 e. The van der Waals surface area contributed by atoms with Gasteiger partial charge in [0.25, 0.3) is 5.91 Å². The third kappa shape index (κ3) is 5.29. The molecule has 0 aliphatic heterocycles. The van der Waals surface area contributed by atoms with Gasteiger partial charge in [-0.05, 0) is 55.5 Å². The number of methoxy groups -OCH3 is 1. The van der Waals surface area contributed by atoms with Crippen LogP contribution in [0.1, 0.15) is 27.8 Å².